The molecule has 1 aromatic carbocycles. The summed E-state index contributed by atoms with van der Waals surface area (Å²) in [4.78, 5) is 4.14. The predicted molar refractivity (Wildman–Crippen MR) is 94.3 cm³/mol. The Balaban J connectivity index is 2.25. The maximum absolute atomic E-state index is 6.10. The van der Waals surface area contributed by atoms with Gasteiger partial charge in [0.05, 0.1) is 16.8 Å². The van der Waals surface area contributed by atoms with Crippen LogP contribution in [0.5, 0.6) is 5.75 Å². The number of aryl methyl sites for hydroxylation is 1. The molecule has 0 saturated heterocycles. The number of aromatic nitrogens is 1. The molecule has 0 atom stereocenters. The molecule has 6 heteroatoms. The fourth-order valence-electron chi connectivity index (χ4n) is 1.92. The molecule has 0 fully saturated rings. The molecule has 0 unspecified atom stereocenters. The highest BCUT2D eigenvalue weighted by Crippen LogP contribution is 2.33. The van der Waals surface area contributed by atoms with Crippen molar-refractivity contribution in [1.82, 2.24) is 4.98 Å². The Bertz CT molecular complexity index is 650. The van der Waals surface area contributed by atoms with Crippen LogP contribution in [0.15, 0.2) is 33.3 Å². The van der Waals surface area contributed by atoms with Gasteiger partial charge in [-0.2, -0.15) is 0 Å². The van der Waals surface area contributed by atoms with Crippen molar-refractivity contribution >= 4 is 49.1 Å². The third-order valence-electron chi connectivity index (χ3n) is 2.82. The number of hydrogen-bond acceptors (Lipinski definition) is 3. The molecule has 21 heavy (non-hydrogen) atoms. The zero-order chi connectivity index (χ0) is 15.4. The third kappa shape index (κ3) is 4.34. The van der Waals surface area contributed by atoms with Gasteiger partial charge in [-0.05, 0) is 53.5 Å². The van der Waals surface area contributed by atoms with Crippen LogP contribution in [0, 0.1) is 6.92 Å². The molecule has 3 nitrogen and oxygen atoms in total. The monoisotopic (exact) mass is 432 g/mol. The van der Waals surface area contributed by atoms with Crippen LogP contribution in [-0.2, 0) is 6.54 Å². The van der Waals surface area contributed by atoms with E-state index in [9.17, 15) is 0 Å². The van der Waals surface area contributed by atoms with Gasteiger partial charge in [-0.15, -0.1) is 0 Å². The first-order valence-electron chi connectivity index (χ1n) is 6.48. The molecule has 1 N–H and O–H groups in total. The molecule has 0 aliphatic carbocycles. The van der Waals surface area contributed by atoms with E-state index in [1.165, 1.54) is 0 Å². The molecule has 0 aliphatic rings. The molecule has 2 aromatic rings. The van der Waals surface area contributed by atoms with Crippen LogP contribution >= 0.6 is 43.5 Å². The fraction of sp³-hybridized carbons (Fsp3) is 0.267. The second-order valence-electron chi connectivity index (χ2n) is 4.51. The van der Waals surface area contributed by atoms with E-state index in [-0.39, 0.29) is 0 Å². The number of halogens is 3. The zero-order valence-electron chi connectivity index (χ0n) is 11.7. The number of anilines is 1. The largest absolute Gasteiger partial charge is 0.492 e. The van der Waals surface area contributed by atoms with Crippen LogP contribution in [0.3, 0.4) is 0 Å². The van der Waals surface area contributed by atoms with Gasteiger partial charge in [-0.3, -0.25) is 0 Å². The first kappa shape index (κ1) is 16.6. The summed E-state index contributed by atoms with van der Waals surface area (Å²) in [6.07, 6.45) is 1.74. The van der Waals surface area contributed by atoms with E-state index in [1.54, 1.807) is 6.20 Å². The highest BCUT2D eigenvalue weighted by molar-refractivity contribution is 9.11. The third-order valence-corrected chi connectivity index (χ3v) is 4.17. The molecule has 112 valence electrons. The standard InChI is InChI=1S/C15H15Br2ClN2O/c1-3-21-14-10(5-11(16)6-12(14)17)8-19-13-4-9(2)7-20-15(13)18/h4-7,19H,3,8H2,1-2H3. The van der Waals surface area contributed by atoms with Crippen molar-refractivity contribution in [3.63, 3.8) is 0 Å². The molecule has 0 saturated carbocycles. The van der Waals surface area contributed by atoms with E-state index >= 15 is 0 Å². The Morgan fingerprint density at radius 2 is 2.05 bits per heavy atom. The van der Waals surface area contributed by atoms with E-state index in [0.717, 1.165) is 31.5 Å². The Labute approximate surface area is 146 Å². The molecular formula is C15H15Br2ClN2O. The van der Waals surface area contributed by atoms with Crippen LogP contribution in [0.4, 0.5) is 5.69 Å². The van der Waals surface area contributed by atoms with Gasteiger partial charge in [-0.1, -0.05) is 27.5 Å². The van der Waals surface area contributed by atoms with Crippen molar-refractivity contribution in [2.45, 2.75) is 20.4 Å². The van der Waals surface area contributed by atoms with Gasteiger partial charge < -0.3 is 10.1 Å². The predicted octanol–water partition coefficient (Wildman–Crippen LogP) is 5.58. The lowest BCUT2D eigenvalue weighted by Crippen LogP contribution is -2.05. The fourth-order valence-corrected chi connectivity index (χ4v) is 3.52. The van der Waals surface area contributed by atoms with Gasteiger partial charge >= 0.3 is 0 Å². The topological polar surface area (TPSA) is 34.1 Å². The van der Waals surface area contributed by atoms with Gasteiger partial charge in [-0.25, -0.2) is 4.98 Å². The second kappa shape index (κ2) is 7.47. The van der Waals surface area contributed by atoms with E-state index in [1.807, 2.05) is 32.0 Å². The summed E-state index contributed by atoms with van der Waals surface area (Å²) >= 11 is 13.1. The minimum Gasteiger partial charge on any atom is -0.492 e. The Morgan fingerprint density at radius 1 is 1.29 bits per heavy atom. The molecule has 1 heterocycles. The minimum atomic E-state index is 0.465. The Morgan fingerprint density at radius 3 is 2.76 bits per heavy atom. The molecule has 0 bridgehead atoms. The summed E-state index contributed by atoms with van der Waals surface area (Å²) in [5, 5.41) is 3.77. The Kier molecular flexibility index (Phi) is 5.90. The first-order valence-corrected chi connectivity index (χ1v) is 8.44. The maximum atomic E-state index is 6.10. The van der Waals surface area contributed by atoms with Gasteiger partial charge in [0, 0.05) is 22.8 Å². The van der Waals surface area contributed by atoms with Gasteiger partial charge in [0.25, 0.3) is 0 Å². The summed E-state index contributed by atoms with van der Waals surface area (Å²) in [5.74, 6) is 0.838. The van der Waals surface area contributed by atoms with Crippen molar-refractivity contribution in [2.24, 2.45) is 0 Å². The van der Waals surface area contributed by atoms with Crippen molar-refractivity contribution in [1.29, 1.82) is 0 Å². The number of rotatable bonds is 5. The van der Waals surface area contributed by atoms with Gasteiger partial charge in [0.2, 0.25) is 0 Å². The van der Waals surface area contributed by atoms with Crippen LogP contribution in [0.2, 0.25) is 5.15 Å². The van der Waals surface area contributed by atoms with E-state index in [4.69, 9.17) is 16.3 Å². The molecular weight excluding hydrogens is 419 g/mol. The number of benzene rings is 1. The number of hydrogen-bond donors (Lipinski definition) is 1. The summed E-state index contributed by atoms with van der Waals surface area (Å²) in [7, 11) is 0. The summed E-state index contributed by atoms with van der Waals surface area (Å²) in [5.41, 5.74) is 2.91. The second-order valence-corrected chi connectivity index (χ2v) is 6.64. The van der Waals surface area contributed by atoms with Gasteiger partial charge in [0.15, 0.2) is 5.15 Å². The van der Waals surface area contributed by atoms with Gasteiger partial charge in [0.1, 0.15) is 5.75 Å². The van der Waals surface area contributed by atoms with Crippen molar-refractivity contribution < 1.29 is 4.74 Å². The minimum absolute atomic E-state index is 0.465. The molecule has 0 amide bonds. The zero-order valence-corrected chi connectivity index (χ0v) is 15.6. The molecule has 0 aliphatic heterocycles. The van der Waals surface area contributed by atoms with Crippen LogP contribution in [0.1, 0.15) is 18.1 Å². The highest BCUT2D eigenvalue weighted by atomic mass is 79.9. The number of ether oxygens (including phenoxy) is 1. The number of nitrogens with one attached hydrogen (secondary N) is 1. The van der Waals surface area contributed by atoms with E-state index in [2.05, 4.69) is 42.2 Å². The highest BCUT2D eigenvalue weighted by Gasteiger charge is 2.11. The molecule has 0 spiro atoms. The smallest absolute Gasteiger partial charge is 0.152 e. The molecule has 2 rings (SSSR count). The normalized spacial score (nSPS) is 10.5. The van der Waals surface area contributed by atoms with Crippen LogP contribution in [-0.4, -0.2) is 11.6 Å². The summed E-state index contributed by atoms with van der Waals surface area (Å²) in [6, 6.07) is 5.97. The molecule has 0 radical (unpaired) electrons. The van der Waals surface area contributed by atoms with E-state index < -0.39 is 0 Å². The molecule has 1 aromatic heterocycles. The van der Waals surface area contributed by atoms with Crippen molar-refractivity contribution in [2.75, 3.05) is 11.9 Å². The number of nitrogens with zero attached hydrogens (tertiary/aromatic N) is 1. The lowest BCUT2D eigenvalue weighted by molar-refractivity contribution is 0.334. The Hall–Kier alpha value is -0.780. The SMILES string of the molecule is CCOc1c(Br)cc(Br)cc1CNc1cc(C)cnc1Cl. The maximum Gasteiger partial charge on any atom is 0.152 e. The first-order chi connectivity index (χ1) is 10.0. The van der Waals surface area contributed by atoms with Crippen molar-refractivity contribution in [3.05, 3.63) is 49.6 Å². The van der Waals surface area contributed by atoms with Crippen LogP contribution in [0.25, 0.3) is 0 Å². The average molecular weight is 435 g/mol. The summed E-state index contributed by atoms with van der Waals surface area (Å²) < 4.78 is 7.62. The van der Waals surface area contributed by atoms with Crippen molar-refractivity contribution in [3.8, 4) is 5.75 Å². The lowest BCUT2D eigenvalue weighted by atomic mass is 10.2. The van der Waals surface area contributed by atoms with Crippen LogP contribution < -0.4 is 10.1 Å². The summed E-state index contributed by atoms with van der Waals surface area (Å²) in [6.45, 7) is 5.15. The quantitative estimate of drug-likeness (QED) is 0.624. The number of pyridine rings is 1. The lowest BCUT2D eigenvalue weighted by Gasteiger charge is -2.15. The van der Waals surface area contributed by atoms with E-state index in [0.29, 0.717) is 18.3 Å². The average Bonchev–Trinajstić information content (AvgIpc) is 2.43.